The summed E-state index contributed by atoms with van der Waals surface area (Å²) in [6.45, 7) is -0.247. The molecule has 0 bridgehead atoms. The molecule has 78 heavy (non-hydrogen) atoms. The summed E-state index contributed by atoms with van der Waals surface area (Å²) >= 11 is 0. The topological polar surface area (TPSA) is 48.1 Å². The van der Waals surface area contributed by atoms with Gasteiger partial charge in [0.25, 0.3) is 6.71 Å². The smallest absolute Gasteiger partial charge is 0.252 e. The average molecular weight is 992 g/mol. The largest absolute Gasteiger partial charge is 0.310 e. The molecule has 13 aromatic rings. The van der Waals surface area contributed by atoms with Gasteiger partial charge >= 0.3 is 0 Å². The number of pyridine rings is 1. The van der Waals surface area contributed by atoms with Crippen molar-refractivity contribution in [2.75, 3.05) is 9.80 Å². The average Bonchev–Trinajstić information content (AvgIpc) is 2.88. The minimum absolute atomic E-state index is 0.247. The van der Waals surface area contributed by atoms with Crippen LogP contribution in [0.5, 0.6) is 0 Å². The summed E-state index contributed by atoms with van der Waals surface area (Å²) < 4.78 is 2.46. The van der Waals surface area contributed by atoms with Crippen LogP contribution >= 0.6 is 0 Å². The van der Waals surface area contributed by atoms with Crippen molar-refractivity contribution in [2.45, 2.75) is 0 Å². The van der Waals surface area contributed by atoms with Crippen molar-refractivity contribution in [1.29, 1.82) is 5.26 Å². The fraction of sp³-hybridized carbons (Fsp3) is 0. The number of hydrogen-bond acceptors (Lipinski definition) is 4. The van der Waals surface area contributed by atoms with Gasteiger partial charge in [-0.25, -0.2) is 0 Å². The van der Waals surface area contributed by atoms with E-state index in [2.05, 4.69) is 280 Å². The Hall–Kier alpha value is -10.5. The number of fused-ring (bicyclic) bond motifs is 7. The number of nitrogens with zero attached hydrogens (tertiary/aromatic N) is 5. The minimum Gasteiger partial charge on any atom is -0.310 e. The number of nitriles is 1. The molecule has 0 amide bonds. The van der Waals surface area contributed by atoms with Gasteiger partial charge in [0.1, 0.15) is 0 Å². The second-order valence-corrected chi connectivity index (χ2v) is 20.1. The first kappa shape index (κ1) is 45.0. The maximum atomic E-state index is 10.9. The molecule has 2 aromatic heterocycles. The van der Waals surface area contributed by atoms with Crippen LogP contribution < -0.4 is 26.2 Å². The molecular weight excluding hydrogens is 946 g/mol. The van der Waals surface area contributed by atoms with Crippen LogP contribution in [0.2, 0.25) is 0 Å². The summed E-state index contributed by atoms with van der Waals surface area (Å²) in [5.41, 5.74) is 24.4. The van der Waals surface area contributed by atoms with E-state index in [1.54, 1.807) is 0 Å². The van der Waals surface area contributed by atoms with Crippen LogP contribution in [0.3, 0.4) is 0 Å². The zero-order chi connectivity index (χ0) is 51.7. The fourth-order valence-corrected chi connectivity index (χ4v) is 12.5. The number of hydrogen-bond donors (Lipinski definition) is 0. The lowest BCUT2D eigenvalue weighted by Gasteiger charge is -2.46. The normalized spacial score (nSPS) is 12.3. The molecule has 0 aliphatic carbocycles. The Morgan fingerprint density at radius 2 is 0.795 bits per heavy atom. The van der Waals surface area contributed by atoms with Crippen molar-refractivity contribution in [1.82, 2.24) is 9.55 Å². The Morgan fingerprint density at radius 3 is 1.26 bits per heavy atom. The highest BCUT2D eigenvalue weighted by atomic mass is 15.2. The zero-order valence-corrected chi connectivity index (χ0v) is 42.4. The monoisotopic (exact) mass is 991 g/mol. The molecular formula is C72H46BN5. The van der Waals surface area contributed by atoms with Crippen LogP contribution in [0.4, 0.5) is 34.1 Å². The Kier molecular flexibility index (Phi) is 10.6. The molecule has 0 radical (unpaired) electrons. The summed E-state index contributed by atoms with van der Waals surface area (Å²) in [4.78, 5) is 9.71. The second kappa shape index (κ2) is 18.4. The lowest BCUT2D eigenvalue weighted by Crippen LogP contribution is -2.61. The molecule has 11 aromatic carbocycles. The lowest BCUT2D eigenvalue weighted by molar-refractivity contribution is 1.16. The zero-order valence-electron chi connectivity index (χ0n) is 42.4. The first-order valence-corrected chi connectivity index (χ1v) is 26.5. The Labute approximate surface area is 453 Å². The van der Waals surface area contributed by atoms with Crippen molar-refractivity contribution >= 4 is 79.0 Å². The lowest BCUT2D eigenvalue weighted by atomic mass is 9.33. The fourth-order valence-electron chi connectivity index (χ4n) is 12.5. The molecule has 0 fully saturated rings. The van der Waals surface area contributed by atoms with Gasteiger partial charge in [-0.15, -0.1) is 0 Å². The van der Waals surface area contributed by atoms with E-state index in [4.69, 9.17) is 0 Å². The molecule has 0 saturated heterocycles. The maximum absolute atomic E-state index is 10.9. The van der Waals surface area contributed by atoms with Gasteiger partial charge in [-0.2, -0.15) is 5.26 Å². The molecule has 0 N–H and O–H groups in total. The number of anilines is 6. The van der Waals surface area contributed by atoms with E-state index in [0.29, 0.717) is 5.56 Å². The third-order valence-corrected chi connectivity index (χ3v) is 15.9. The van der Waals surface area contributed by atoms with Crippen LogP contribution in [0.1, 0.15) is 5.56 Å². The van der Waals surface area contributed by atoms with E-state index in [0.717, 1.165) is 117 Å². The molecule has 0 atom stereocenters. The summed E-state index contributed by atoms with van der Waals surface area (Å²) in [5.74, 6) is 0. The molecule has 4 heterocycles. The number of benzene rings is 11. The van der Waals surface area contributed by atoms with E-state index in [1.807, 2.05) is 24.5 Å². The van der Waals surface area contributed by atoms with Crippen molar-refractivity contribution in [3.8, 4) is 67.4 Å². The molecule has 15 rings (SSSR count). The van der Waals surface area contributed by atoms with Crippen LogP contribution in [0, 0.1) is 11.3 Å². The molecule has 6 heteroatoms. The van der Waals surface area contributed by atoms with Crippen molar-refractivity contribution in [3.05, 3.63) is 285 Å². The van der Waals surface area contributed by atoms with Gasteiger partial charge in [0, 0.05) is 73.7 Å². The molecule has 2 aliphatic heterocycles. The van der Waals surface area contributed by atoms with Crippen molar-refractivity contribution < 1.29 is 0 Å². The predicted molar refractivity (Wildman–Crippen MR) is 324 cm³/mol. The van der Waals surface area contributed by atoms with Crippen molar-refractivity contribution in [3.63, 3.8) is 0 Å². The second-order valence-electron chi connectivity index (χ2n) is 20.1. The summed E-state index contributed by atoms with van der Waals surface area (Å²) in [5, 5.41) is 13.3. The van der Waals surface area contributed by atoms with Crippen LogP contribution in [-0.4, -0.2) is 16.3 Å². The molecule has 2 aliphatic rings. The Morgan fingerprint density at radius 1 is 0.359 bits per heavy atom. The standard InChI is InChI=1S/C72H46BN5/c74-46-48-37-39-62-66(42-48)77(71-56(49-20-5-1-6-21-49)31-17-32-57(71)50-22-7-2-8-23-50)68-44-55(76-64-35-15-13-29-60(64)61-30-14-16-36-65(61)76)45-69-70(68)73(62)63-40-38-53(54-28-19-41-75-47-54)43-67(63)78(69)72-58(51-24-9-3-10-25-51)33-18-34-59(72)52-26-11-4-12-27-52/h1-45,47H. The number of para-hydroxylation sites is 4. The van der Waals surface area contributed by atoms with E-state index < -0.39 is 0 Å². The quantitative estimate of drug-likeness (QED) is 0.142. The van der Waals surface area contributed by atoms with Gasteiger partial charge in [-0.3, -0.25) is 4.98 Å². The van der Waals surface area contributed by atoms with Gasteiger partial charge in [0.15, 0.2) is 0 Å². The molecule has 0 unspecified atom stereocenters. The Balaban J connectivity index is 1.15. The first-order chi connectivity index (χ1) is 38.7. The number of rotatable bonds is 8. The summed E-state index contributed by atoms with van der Waals surface area (Å²) in [7, 11) is 0. The molecule has 362 valence electrons. The van der Waals surface area contributed by atoms with Crippen molar-refractivity contribution in [2.24, 2.45) is 0 Å². The van der Waals surface area contributed by atoms with E-state index in [-0.39, 0.29) is 6.71 Å². The van der Waals surface area contributed by atoms with Gasteiger partial charge in [0.2, 0.25) is 0 Å². The van der Waals surface area contributed by atoms with Crippen LogP contribution in [0.15, 0.2) is 279 Å². The summed E-state index contributed by atoms with van der Waals surface area (Å²) in [6, 6.07) is 99.1. The highest BCUT2D eigenvalue weighted by Gasteiger charge is 2.45. The highest BCUT2D eigenvalue weighted by molar-refractivity contribution is 7.00. The summed E-state index contributed by atoms with van der Waals surface area (Å²) in [6.07, 6.45) is 3.80. The van der Waals surface area contributed by atoms with Gasteiger partial charge < -0.3 is 14.4 Å². The van der Waals surface area contributed by atoms with Crippen LogP contribution in [-0.2, 0) is 0 Å². The third kappa shape index (κ3) is 7.14. The van der Waals surface area contributed by atoms with Gasteiger partial charge in [-0.1, -0.05) is 218 Å². The molecule has 0 saturated carbocycles. The van der Waals surface area contributed by atoms with Gasteiger partial charge in [-0.05, 0) is 92.7 Å². The molecule has 5 nitrogen and oxygen atoms in total. The van der Waals surface area contributed by atoms with Gasteiger partial charge in [0.05, 0.1) is 39.7 Å². The molecule has 0 spiro atoms. The highest BCUT2D eigenvalue weighted by Crippen LogP contribution is 2.53. The van der Waals surface area contributed by atoms with E-state index >= 15 is 0 Å². The minimum atomic E-state index is -0.247. The van der Waals surface area contributed by atoms with E-state index in [9.17, 15) is 5.26 Å². The maximum Gasteiger partial charge on any atom is 0.252 e. The SMILES string of the molecule is N#Cc1ccc2c(c1)N(c1c(-c3ccccc3)cccc1-c1ccccc1)c1cc(-n3c4ccccc4c4ccccc43)cc3c1B2c1ccc(-c2cccnc2)cc1N3c1c(-c2ccccc2)cccc1-c1ccccc1. The number of aromatic nitrogens is 2. The van der Waals surface area contributed by atoms with Crippen LogP contribution in [0.25, 0.3) is 83.1 Å². The third-order valence-electron chi connectivity index (χ3n) is 15.9. The first-order valence-electron chi connectivity index (χ1n) is 26.5. The predicted octanol–water partition coefficient (Wildman–Crippen LogP) is 16.5. The Bertz CT molecular complexity index is 4340. The van der Waals surface area contributed by atoms with E-state index in [1.165, 1.54) is 16.2 Å².